The van der Waals surface area contributed by atoms with Crippen molar-refractivity contribution in [2.45, 2.75) is 19.4 Å². The van der Waals surface area contributed by atoms with Crippen molar-refractivity contribution in [1.29, 1.82) is 5.26 Å². The number of para-hydroxylation sites is 1. The van der Waals surface area contributed by atoms with Gasteiger partial charge in [0.25, 0.3) is 5.91 Å². The molecule has 0 spiro atoms. The zero-order chi connectivity index (χ0) is 18.4. The molecule has 25 heavy (non-hydrogen) atoms. The fourth-order valence-electron chi connectivity index (χ4n) is 2.03. The molecule has 1 amide bonds. The van der Waals surface area contributed by atoms with Gasteiger partial charge in [-0.15, -0.1) is 0 Å². The molecule has 0 bridgehead atoms. The Kier molecular flexibility index (Phi) is 6.40. The summed E-state index contributed by atoms with van der Waals surface area (Å²) in [5.41, 5.74) is 1.31. The predicted molar refractivity (Wildman–Crippen MR) is 95.5 cm³/mol. The number of esters is 1. The van der Waals surface area contributed by atoms with Crippen LogP contribution in [0.5, 0.6) is 0 Å². The second-order valence-corrected chi connectivity index (χ2v) is 6.02. The highest BCUT2D eigenvalue weighted by Gasteiger charge is 2.19. The summed E-state index contributed by atoms with van der Waals surface area (Å²) >= 11 is 11.7. The molecule has 0 aliphatic heterocycles. The molecule has 0 radical (unpaired) electrons. The second kappa shape index (κ2) is 8.52. The molecule has 2 aromatic rings. The van der Waals surface area contributed by atoms with E-state index in [1.54, 1.807) is 42.5 Å². The Morgan fingerprint density at radius 2 is 1.92 bits per heavy atom. The number of nitriles is 1. The molecular formula is C18H14Cl2N2O3. The maximum atomic E-state index is 12.1. The van der Waals surface area contributed by atoms with E-state index >= 15 is 0 Å². The lowest BCUT2D eigenvalue weighted by Crippen LogP contribution is -2.30. The molecule has 128 valence electrons. The van der Waals surface area contributed by atoms with Crippen molar-refractivity contribution in [2.75, 3.05) is 5.32 Å². The van der Waals surface area contributed by atoms with Crippen molar-refractivity contribution in [1.82, 2.24) is 0 Å². The molecule has 0 aliphatic carbocycles. The molecule has 0 aliphatic rings. The number of ether oxygens (including phenoxy) is 1. The van der Waals surface area contributed by atoms with E-state index in [-0.39, 0.29) is 6.42 Å². The maximum Gasteiger partial charge on any atom is 0.311 e. The van der Waals surface area contributed by atoms with Crippen LogP contribution < -0.4 is 5.32 Å². The normalized spacial score (nSPS) is 11.3. The van der Waals surface area contributed by atoms with E-state index in [4.69, 9.17) is 33.2 Å². The number of carbonyl (C=O) groups excluding carboxylic acids is 2. The van der Waals surface area contributed by atoms with E-state index in [2.05, 4.69) is 5.32 Å². The van der Waals surface area contributed by atoms with Crippen LogP contribution in [-0.4, -0.2) is 18.0 Å². The van der Waals surface area contributed by atoms with Crippen molar-refractivity contribution in [2.24, 2.45) is 0 Å². The van der Waals surface area contributed by atoms with Gasteiger partial charge in [0.2, 0.25) is 0 Å². The third-order valence-electron chi connectivity index (χ3n) is 3.32. The Labute approximate surface area is 155 Å². The van der Waals surface area contributed by atoms with E-state index in [1.165, 1.54) is 6.92 Å². The van der Waals surface area contributed by atoms with Crippen LogP contribution in [0.15, 0.2) is 42.5 Å². The molecule has 0 heterocycles. The number of halogens is 2. The number of nitrogens with zero attached hydrogens (tertiary/aromatic N) is 1. The first kappa shape index (κ1) is 18.8. The lowest BCUT2D eigenvalue weighted by atomic mass is 10.1. The first-order valence-corrected chi connectivity index (χ1v) is 8.09. The Hall–Kier alpha value is -2.55. The summed E-state index contributed by atoms with van der Waals surface area (Å²) in [5.74, 6) is -1.10. The molecule has 0 fully saturated rings. The molecular weight excluding hydrogens is 363 g/mol. The van der Waals surface area contributed by atoms with E-state index in [9.17, 15) is 9.59 Å². The van der Waals surface area contributed by atoms with Crippen LogP contribution in [0, 0.1) is 11.3 Å². The first-order chi connectivity index (χ1) is 11.9. The molecule has 1 N–H and O–H groups in total. The molecule has 5 nitrogen and oxygen atoms in total. The maximum absolute atomic E-state index is 12.1. The lowest BCUT2D eigenvalue weighted by Gasteiger charge is -2.14. The number of benzene rings is 2. The summed E-state index contributed by atoms with van der Waals surface area (Å²) in [5, 5.41) is 12.3. The fourth-order valence-corrected chi connectivity index (χ4v) is 2.35. The third-order valence-corrected chi connectivity index (χ3v) is 4.05. The smallest absolute Gasteiger partial charge is 0.311 e. The minimum Gasteiger partial charge on any atom is -0.452 e. The zero-order valence-corrected chi connectivity index (χ0v) is 14.8. The summed E-state index contributed by atoms with van der Waals surface area (Å²) in [6, 6.07) is 13.3. The topological polar surface area (TPSA) is 79.2 Å². The number of hydrogen-bond donors (Lipinski definition) is 1. The highest BCUT2D eigenvalue weighted by atomic mass is 35.5. The van der Waals surface area contributed by atoms with Gasteiger partial charge in [-0.2, -0.15) is 5.26 Å². The number of nitrogens with one attached hydrogen (secondary N) is 1. The van der Waals surface area contributed by atoms with Gasteiger partial charge in [-0.25, -0.2) is 0 Å². The number of anilines is 1. The van der Waals surface area contributed by atoms with Crippen LogP contribution in [0.4, 0.5) is 5.69 Å². The van der Waals surface area contributed by atoms with Crippen LogP contribution >= 0.6 is 23.2 Å². The van der Waals surface area contributed by atoms with Crippen LogP contribution in [0.25, 0.3) is 0 Å². The van der Waals surface area contributed by atoms with E-state index in [1.807, 2.05) is 6.07 Å². The zero-order valence-electron chi connectivity index (χ0n) is 13.3. The number of carbonyl (C=O) groups is 2. The van der Waals surface area contributed by atoms with Crippen molar-refractivity contribution >= 4 is 40.8 Å². The molecule has 1 atom stereocenters. The highest BCUT2D eigenvalue weighted by molar-refractivity contribution is 6.42. The van der Waals surface area contributed by atoms with Gasteiger partial charge in [-0.1, -0.05) is 41.4 Å². The Bertz CT molecular complexity index is 846. The highest BCUT2D eigenvalue weighted by Crippen LogP contribution is 2.23. The van der Waals surface area contributed by atoms with Gasteiger partial charge in [0, 0.05) is 0 Å². The van der Waals surface area contributed by atoms with Gasteiger partial charge in [-0.3, -0.25) is 9.59 Å². The SMILES string of the molecule is CC(OC(=O)Cc1ccc(Cl)c(Cl)c1)C(=O)Nc1ccccc1C#N. The van der Waals surface area contributed by atoms with E-state index in [0.29, 0.717) is 26.9 Å². The van der Waals surface area contributed by atoms with Gasteiger partial charge in [-0.05, 0) is 36.8 Å². The van der Waals surface area contributed by atoms with Gasteiger partial charge in [0.15, 0.2) is 6.10 Å². The standard InChI is InChI=1S/C18H14Cl2N2O3/c1-11(18(24)22-16-5-3-2-4-13(16)10-21)25-17(23)9-12-6-7-14(19)15(20)8-12/h2-8,11H,9H2,1H3,(H,22,24). The van der Waals surface area contributed by atoms with E-state index in [0.717, 1.165) is 0 Å². The van der Waals surface area contributed by atoms with Gasteiger partial charge in [0.1, 0.15) is 6.07 Å². The number of hydrogen-bond acceptors (Lipinski definition) is 4. The predicted octanol–water partition coefficient (Wildman–Crippen LogP) is 3.98. The molecule has 2 rings (SSSR count). The van der Waals surface area contributed by atoms with Crippen molar-refractivity contribution in [3.8, 4) is 6.07 Å². The minimum atomic E-state index is -1.01. The Morgan fingerprint density at radius 1 is 1.20 bits per heavy atom. The summed E-state index contributed by atoms with van der Waals surface area (Å²) in [6.45, 7) is 1.46. The second-order valence-electron chi connectivity index (χ2n) is 5.20. The van der Waals surface area contributed by atoms with Crippen molar-refractivity contribution in [3.63, 3.8) is 0 Å². The van der Waals surface area contributed by atoms with E-state index < -0.39 is 18.0 Å². The average molecular weight is 377 g/mol. The van der Waals surface area contributed by atoms with Crippen LogP contribution in [-0.2, 0) is 20.7 Å². The molecule has 0 saturated carbocycles. The first-order valence-electron chi connectivity index (χ1n) is 7.34. The van der Waals surface area contributed by atoms with Gasteiger partial charge >= 0.3 is 5.97 Å². The monoisotopic (exact) mass is 376 g/mol. The summed E-state index contributed by atoms with van der Waals surface area (Å²) < 4.78 is 5.12. The fraction of sp³-hybridized carbons (Fsp3) is 0.167. The number of amides is 1. The molecule has 0 saturated heterocycles. The minimum absolute atomic E-state index is 0.0384. The molecule has 2 aromatic carbocycles. The molecule has 1 unspecified atom stereocenters. The van der Waals surface area contributed by atoms with Crippen LogP contribution in [0.2, 0.25) is 10.0 Å². The van der Waals surface area contributed by atoms with Crippen molar-refractivity contribution < 1.29 is 14.3 Å². The van der Waals surface area contributed by atoms with Gasteiger partial charge in [0.05, 0.1) is 27.7 Å². The van der Waals surface area contributed by atoms with Crippen LogP contribution in [0.1, 0.15) is 18.1 Å². The molecule has 7 heteroatoms. The Morgan fingerprint density at radius 3 is 2.60 bits per heavy atom. The molecule has 0 aromatic heterocycles. The summed E-state index contributed by atoms with van der Waals surface area (Å²) in [7, 11) is 0. The van der Waals surface area contributed by atoms with Crippen molar-refractivity contribution in [3.05, 3.63) is 63.6 Å². The van der Waals surface area contributed by atoms with Gasteiger partial charge < -0.3 is 10.1 Å². The third kappa shape index (κ3) is 5.21. The quantitative estimate of drug-likeness (QED) is 0.800. The average Bonchev–Trinajstić information content (AvgIpc) is 2.58. The van der Waals surface area contributed by atoms with Crippen LogP contribution in [0.3, 0.4) is 0 Å². The summed E-state index contributed by atoms with van der Waals surface area (Å²) in [4.78, 5) is 24.1. The summed E-state index contributed by atoms with van der Waals surface area (Å²) in [6.07, 6.45) is -1.05. The lowest BCUT2D eigenvalue weighted by molar-refractivity contribution is -0.152. The number of rotatable bonds is 5. The Balaban J connectivity index is 1.95. The largest absolute Gasteiger partial charge is 0.452 e.